The molecular weight excluding hydrogens is 280 g/mol. The van der Waals surface area contributed by atoms with Crippen molar-refractivity contribution in [2.75, 3.05) is 4.90 Å². The van der Waals surface area contributed by atoms with Gasteiger partial charge in [0.05, 0.1) is 12.2 Å². The zero-order valence-corrected chi connectivity index (χ0v) is 15.0. The van der Waals surface area contributed by atoms with Gasteiger partial charge in [-0.15, -0.1) is 0 Å². The first-order chi connectivity index (χ1) is 11.0. The molecule has 1 saturated heterocycles. The average molecular weight is 310 g/mol. The molecular formula is C21H30N2. The second-order valence-corrected chi connectivity index (χ2v) is 8.12. The minimum Gasteiger partial charge on any atom is -0.352 e. The van der Waals surface area contributed by atoms with Crippen LogP contribution < -0.4 is 4.90 Å². The van der Waals surface area contributed by atoms with E-state index in [1.54, 1.807) is 0 Å². The van der Waals surface area contributed by atoms with E-state index in [2.05, 4.69) is 74.0 Å². The van der Waals surface area contributed by atoms with E-state index in [1.165, 1.54) is 36.9 Å². The Morgan fingerprint density at radius 2 is 1.78 bits per heavy atom. The quantitative estimate of drug-likeness (QED) is 0.763. The monoisotopic (exact) mass is 310 g/mol. The van der Waals surface area contributed by atoms with E-state index in [0.29, 0.717) is 23.7 Å². The molecule has 0 N–H and O–H groups in total. The summed E-state index contributed by atoms with van der Waals surface area (Å²) in [6.07, 6.45) is 11.1. The first kappa shape index (κ1) is 15.1. The lowest BCUT2D eigenvalue weighted by Gasteiger charge is -2.39. The molecule has 124 valence electrons. The summed E-state index contributed by atoms with van der Waals surface area (Å²) in [5.74, 6) is 0.861. The van der Waals surface area contributed by atoms with Gasteiger partial charge in [-0.25, -0.2) is 0 Å². The molecule has 1 aromatic carbocycles. The zero-order chi connectivity index (χ0) is 16.2. The molecule has 23 heavy (non-hydrogen) atoms. The number of fused-ring (bicyclic) bond motifs is 1. The van der Waals surface area contributed by atoms with Crippen LogP contribution in [0, 0.1) is 18.3 Å². The Morgan fingerprint density at radius 1 is 1.09 bits per heavy atom. The van der Waals surface area contributed by atoms with Crippen LogP contribution in [0.5, 0.6) is 0 Å². The highest BCUT2D eigenvalue weighted by atomic mass is 15.5. The van der Waals surface area contributed by atoms with E-state index in [9.17, 15) is 0 Å². The van der Waals surface area contributed by atoms with Crippen molar-refractivity contribution in [2.45, 2.75) is 71.6 Å². The van der Waals surface area contributed by atoms with Gasteiger partial charge in [0.15, 0.2) is 0 Å². The predicted octanol–water partition coefficient (Wildman–Crippen LogP) is 4.94. The Bertz CT molecular complexity index is 616. The molecule has 0 radical (unpaired) electrons. The fourth-order valence-corrected chi connectivity index (χ4v) is 5.72. The average Bonchev–Trinajstić information content (AvgIpc) is 3.22. The number of benzene rings is 1. The molecule has 2 heterocycles. The van der Waals surface area contributed by atoms with E-state index < -0.39 is 0 Å². The van der Waals surface area contributed by atoms with Gasteiger partial charge in [-0.2, -0.15) is 0 Å². The number of hydrogen-bond donors (Lipinski definition) is 0. The fraction of sp³-hybridized carbons (Fsp3) is 0.619. The molecule has 1 aliphatic carbocycles. The summed E-state index contributed by atoms with van der Waals surface area (Å²) in [5.41, 5.74) is 3.13. The number of nitrogens with zero attached hydrogens (tertiary/aromatic N) is 2. The Balaban J connectivity index is 1.70. The first-order valence-corrected chi connectivity index (χ1v) is 9.35. The molecule has 0 amide bonds. The van der Waals surface area contributed by atoms with E-state index in [4.69, 9.17) is 0 Å². The largest absolute Gasteiger partial charge is 0.352 e. The highest BCUT2D eigenvalue weighted by molar-refractivity contribution is 5.56. The second-order valence-electron chi connectivity index (χ2n) is 8.12. The number of para-hydroxylation sites is 1. The van der Waals surface area contributed by atoms with Gasteiger partial charge in [0.25, 0.3) is 0 Å². The molecule has 0 spiro atoms. The Hall–Kier alpha value is -1.44. The van der Waals surface area contributed by atoms with Gasteiger partial charge in [0, 0.05) is 17.1 Å². The summed E-state index contributed by atoms with van der Waals surface area (Å²) < 4.78 is 0. The molecule has 1 saturated carbocycles. The van der Waals surface area contributed by atoms with Crippen molar-refractivity contribution >= 4 is 5.69 Å². The van der Waals surface area contributed by atoms with Crippen LogP contribution >= 0.6 is 0 Å². The highest BCUT2D eigenvalue weighted by Crippen LogP contribution is 2.53. The van der Waals surface area contributed by atoms with Crippen molar-refractivity contribution in [2.24, 2.45) is 11.3 Å². The summed E-state index contributed by atoms with van der Waals surface area (Å²) in [7, 11) is 0. The van der Waals surface area contributed by atoms with Crippen LogP contribution in [0.3, 0.4) is 0 Å². The maximum absolute atomic E-state index is 2.65. The van der Waals surface area contributed by atoms with Crippen molar-refractivity contribution in [1.82, 2.24) is 4.90 Å². The predicted molar refractivity (Wildman–Crippen MR) is 97.4 cm³/mol. The van der Waals surface area contributed by atoms with Crippen LogP contribution in [0.25, 0.3) is 0 Å². The van der Waals surface area contributed by atoms with E-state index in [0.717, 1.165) is 5.92 Å². The van der Waals surface area contributed by atoms with Gasteiger partial charge in [0.2, 0.25) is 0 Å². The normalized spacial score (nSPS) is 37.0. The van der Waals surface area contributed by atoms with Crippen LogP contribution in [-0.4, -0.2) is 23.1 Å². The lowest BCUT2D eigenvalue weighted by atomic mass is 9.70. The Labute approximate surface area is 141 Å². The molecule has 2 heteroatoms. The van der Waals surface area contributed by atoms with Crippen molar-refractivity contribution in [1.29, 1.82) is 0 Å². The molecule has 0 bridgehead atoms. The molecule has 4 atom stereocenters. The third-order valence-corrected chi connectivity index (χ3v) is 6.92. The molecule has 3 unspecified atom stereocenters. The van der Waals surface area contributed by atoms with Crippen molar-refractivity contribution in [3.05, 3.63) is 42.1 Å². The lowest BCUT2D eigenvalue weighted by Crippen LogP contribution is -2.45. The van der Waals surface area contributed by atoms with Gasteiger partial charge >= 0.3 is 0 Å². The summed E-state index contributed by atoms with van der Waals surface area (Å²) in [4.78, 5) is 5.28. The van der Waals surface area contributed by atoms with Gasteiger partial charge in [-0.1, -0.05) is 44.0 Å². The van der Waals surface area contributed by atoms with Gasteiger partial charge in [0.1, 0.15) is 0 Å². The summed E-state index contributed by atoms with van der Waals surface area (Å²) >= 11 is 0. The van der Waals surface area contributed by atoms with Crippen LogP contribution in [0.2, 0.25) is 0 Å². The minimum absolute atomic E-state index is 0.335. The zero-order valence-electron chi connectivity index (χ0n) is 15.0. The number of aryl methyl sites for hydroxylation is 1. The molecule has 2 aliphatic heterocycles. The van der Waals surface area contributed by atoms with Gasteiger partial charge in [-0.05, 0) is 57.4 Å². The van der Waals surface area contributed by atoms with Gasteiger partial charge < -0.3 is 9.80 Å². The lowest BCUT2D eigenvalue weighted by molar-refractivity contribution is 0.136. The maximum Gasteiger partial charge on any atom is 0.0989 e. The summed E-state index contributed by atoms with van der Waals surface area (Å²) in [5, 5.41) is 0. The van der Waals surface area contributed by atoms with Crippen LogP contribution in [-0.2, 0) is 0 Å². The summed E-state index contributed by atoms with van der Waals surface area (Å²) in [6, 6.07) is 10.0. The molecule has 2 fully saturated rings. The summed E-state index contributed by atoms with van der Waals surface area (Å²) in [6.45, 7) is 9.57. The first-order valence-electron chi connectivity index (χ1n) is 9.35. The number of anilines is 1. The molecule has 3 aliphatic rings. The highest BCUT2D eigenvalue weighted by Gasteiger charge is 2.55. The van der Waals surface area contributed by atoms with E-state index in [1.807, 2.05) is 0 Å². The maximum atomic E-state index is 2.65. The SMILES string of the molecule is Cc1ccccc1N1C(C)N2C=CC(C)(C3CCCC3)C2[C@@H]1C. The molecule has 1 aromatic rings. The van der Waals surface area contributed by atoms with Crippen molar-refractivity contribution < 1.29 is 0 Å². The molecule has 2 nitrogen and oxygen atoms in total. The van der Waals surface area contributed by atoms with Crippen LogP contribution in [0.4, 0.5) is 5.69 Å². The Morgan fingerprint density at radius 3 is 2.48 bits per heavy atom. The van der Waals surface area contributed by atoms with Crippen molar-refractivity contribution in [3.63, 3.8) is 0 Å². The Kier molecular flexibility index (Phi) is 3.48. The van der Waals surface area contributed by atoms with Gasteiger partial charge in [-0.3, -0.25) is 0 Å². The minimum atomic E-state index is 0.335. The third-order valence-electron chi connectivity index (χ3n) is 6.92. The van der Waals surface area contributed by atoms with E-state index >= 15 is 0 Å². The molecule has 4 rings (SSSR count). The van der Waals surface area contributed by atoms with Crippen molar-refractivity contribution in [3.8, 4) is 0 Å². The third kappa shape index (κ3) is 2.07. The smallest absolute Gasteiger partial charge is 0.0989 e. The fourth-order valence-electron chi connectivity index (χ4n) is 5.72. The molecule has 0 aromatic heterocycles. The topological polar surface area (TPSA) is 6.48 Å². The van der Waals surface area contributed by atoms with Crippen LogP contribution in [0.1, 0.15) is 52.0 Å². The standard InChI is InChI=1S/C21H30N2/c1-15-9-5-8-12-19(15)23-16(2)20-21(4,18-10-6-7-11-18)13-14-22(20)17(23)3/h5,8-9,12-14,16-18,20H,6-7,10-11H2,1-4H3/t16-,17?,20?,21?/m0/s1. The number of rotatable bonds is 2. The number of hydrogen-bond acceptors (Lipinski definition) is 2. The van der Waals surface area contributed by atoms with E-state index in [-0.39, 0.29) is 0 Å². The second kappa shape index (κ2) is 5.29. The van der Waals surface area contributed by atoms with Crippen LogP contribution in [0.15, 0.2) is 36.5 Å².